The summed E-state index contributed by atoms with van der Waals surface area (Å²) >= 11 is 0. The summed E-state index contributed by atoms with van der Waals surface area (Å²) in [5.41, 5.74) is 1.21. The minimum Gasteiger partial charge on any atom is -0.508 e. The summed E-state index contributed by atoms with van der Waals surface area (Å²) < 4.78 is 1.57. The Morgan fingerprint density at radius 3 is 2.72 bits per heavy atom. The van der Waals surface area contributed by atoms with Crippen LogP contribution in [-0.2, 0) is 6.42 Å². The first-order chi connectivity index (χ1) is 12.0. The van der Waals surface area contributed by atoms with E-state index in [-0.39, 0.29) is 23.1 Å². The highest BCUT2D eigenvalue weighted by Crippen LogP contribution is 2.36. The number of carbonyl (C=O) groups is 1. The van der Waals surface area contributed by atoms with Crippen LogP contribution in [0, 0.1) is 0 Å². The van der Waals surface area contributed by atoms with Gasteiger partial charge in [-0.2, -0.15) is 0 Å². The number of phenolic OH excluding ortho intramolecular Hbond substituents is 1. The molecule has 0 saturated heterocycles. The Hall–Kier alpha value is -3.28. The van der Waals surface area contributed by atoms with Crippen LogP contribution in [0.15, 0.2) is 47.3 Å². The highest BCUT2D eigenvalue weighted by Gasteiger charge is 2.29. The van der Waals surface area contributed by atoms with Crippen molar-refractivity contribution >= 4 is 22.5 Å². The van der Waals surface area contributed by atoms with Crippen LogP contribution < -0.4 is 10.9 Å². The van der Waals surface area contributed by atoms with Crippen molar-refractivity contribution in [1.29, 1.82) is 0 Å². The van der Waals surface area contributed by atoms with Crippen molar-refractivity contribution in [3.05, 3.63) is 63.9 Å². The van der Waals surface area contributed by atoms with Crippen molar-refractivity contribution < 1.29 is 15.0 Å². The Morgan fingerprint density at radius 2 is 1.96 bits per heavy atom. The second-order valence-corrected chi connectivity index (χ2v) is 6.27. The van der Waals surface area contributed by atoms with Gasteiger partial charge in [0, 0.05) is 23.2 Å². The molecule has 0 radical (unpaired) electrons. The summed E-state index contributed by atoms with van der Waals surface area (Å²) in [6.07, 6.45) is 0.684. The monoisotopic (exact) mass is 336 g/mol. The van der Waals surface area contributed by atoms with Crippen LogP contribution in [-0.4, -0.2) is 20.7 Å². The molecule has 25 heavy (non-hydrogen) atoms. The van der Waals surface area contributed by atoms with Gasteiger partial charge in [-0.25, -0.2) is 0 Å². The number of nitrogens with one attached hydrogen (secondary N) is 1. The van der Waals surface area contributed by atoms with E-state index in [2.05, 4.69) is 5.32 Å². The molecule has 0 saturated carbocycles. The van der Waals surface area contributed by atoms with Crippen molar-refractivity contribution in [3.63, 3.8) is 0 Å². The van der Waals surface area contributed by atoms with E-state index >= 15 is 0 Å². The number of hydrogen-bond donors (Lipinski definition) is 3. The lowest BCUT2D eigenvalue weighted by atomic mass is 10.1. The first-order valence-corrected chi connectivity index (χ1v) is 7.97. The average molecular weight is 336 g/mol. The highest BCUT2D eigenvalue weighted by atomic mass is 16.3. The first kappa shape index (κ1) is 15.3. The number of aromatic hydroxyl groups is 2. The predicted octanol–water partition coefficient (Wildman–Crippen LogP) is 2.78. The van der Waals surface area contributed by atoms with E-state index in [9.17, 15) is 19.8 Å². The van der Waals surface area contributed by atoms with Crippen LogP contribution in [0.4, 0.5) is 5.69 Å². The molecule has 3 aromatic rings. The van der Waals surface area contributed by atoms with Gasteiger partial charge in [0.1, 0.15) is 17.1 Å². The Labute approximate surface area is 143 Å². The van der Waals surface area contributed by atoms with Gasteiger partial charge in [0.05, 0.1) is 5.52 Å². The van der Waals surface area contributed by atoms with Crippen molar-refractivity contribution in [3.8, 4) is 11.5 Å². The van der Waals surface area contributed by atoms with E-state index in [4.69, 9.17) is 0 Å². The first-order valence-electron chi connectivity index (χ1n) is 7.97. The lowest BCUT2D eigenvalue weighted by Gasteiger charge is -2.14. The van der Waals surface area contributed by atoms with Gasteiger partial charge in [-0.3, -0.25) is 9.59 Å². The standard InChI is InChI=1S/C19H16N2O4/c1-10-8-11-4-2-7-14-16(11)21(10)19(25)15(17(14)23)18(24)20-12-5-3-6-13(22)9-12/h2-7,9-10,22-23H,8H2,1H3,(H,20,24). The molecule has 1 amide bonds. The van der Waals surface area contributed by atoms with Crippen LogP contribution >= 0.6 is 0 Å². The van der Waals surface area contributed by atoms with Gasteiger partial charge in [-0.15, -0.1) is 0 Å². The number of anilines is 1. The van der Waals surface area contributed by atoms with E-state index in [1.807, 2.05) is 13.0 Å². The van der Waals surface area contributed by atoms with E-state index in [0.717, 1.165) is 5.56 Å². The Morgan fingerprint density at radius 1 is 1.20 bits per heavy atom. The largest absolute Gasteiger partial charge is 0.508 e. The molecule has 3 N–H and O–H groups in total. The number of amides is 1. The van der Waals surface area contributed by atoms with Crippen molar-refractivity contribution in [1.82, 2.24) is 4.57 Å². The van der Waals surface area contributed by atoms with E-state index < -0.39 is 11.5 Å². The van der Waals surface area contributed by atoms with Crippen LogP contribution in [0.3, 0.4) is 0 Å². The smallest absolute Gasteiger partial charge is 0.268 e. The number of phenols is 1. The molecule has 2 aromatic carbocycles. The summed E-state index contributed by atoms with van der Waals surface area (Å²) in [6, 6.07) is 11.4. The van der Waals surface area contributed by atoms with Crippen LogP contribution in [0.1, 0.15) is 28.9 Å². The van der Waals surface area contributed by atoms with Crippen LogP contribution in [0.25, 0.3) is 10.9 Å². The SMILES string of the molecule is CC1Cc2cccc3c(O)c(C(=O)Nc4cccc(O)c4)c(=O)n1c23. The fraction of sp³-hybridized carbons (Fsp3) is 0.158. The van der Waals surface area contributed by atoms with E-state index in [1.165, 1.54) is 12.1 Å². The molecule has 1 unspecified atom stereocenters. The normalized spacial score (nSPS) is 15.5. The maximum Gasteiger partial charge on any atom is 0.268 e. The minimum atomic E-state index is -0.705. The van der Waals surface area contributed by atoms with Gasteiger partial charge in [0.15, 0.2) is 0 Å². The van der Waals surface area contributed by atoms with Gasteiger partial charge in [-0.1, -0.05) is 18.2 Å². The molecule has 126 valence electrons. The number of benzene rings is 2. The Kier molecular flexibility index (Phi) is 3.28. The maximum absolute atomic E-state index is 12.9. The van der Waals surface area contributed by atoms with Gasteiger partial charge < -0.3 is 20.1 Å². The third kappa shape index (κ3) is 2.26. The lowest BCUT2D eigenvalue weighted by Crippen LogP contribution is -2.30. The minimum absolute atomic E-state index is 0.00544. The molecule has 0 bridgehead atoms. The molecule has 4 rings (SSSR count). The molecule has 1 aliphatic rings. The third-order valence-electron chi connectivity index (χ3n) is 4.57. The maximum atomic E-state index is 12.9. The molecule has 1 atom stereocenters. The summed E-state index contributed by atoms with van der Waals surface area (Å²) in [5, 5.41) is 23.1. The van der Waals surface area contributed by atoms with Gasteiger partial charge in [0.2, 0.25) is 0 Å². The average Bonchev–Trinajstić information content (AvgIpc) is 2.89. The molecular weight excluding hydrogens is 320 g/mol. The number of rotatable bonds is 2. The molecule has 0 fully saturated rings. The molecule has 0 aliphatic carbocycles. The summed E-state index contributed by atoms with van der Waals surface area (Å²) in [6.45, 7) is 1.91. The number of para-hydroxylation sites is 1. The highest BCUT2D eigenvalue weighted by molar-refractivity contribution is 6.09. The predicted molar refractivity (Wildman–Crippen MR) is 94.3 cm³/mol. The van der Waals surface area contributed by atoms with Crippen LogP contribution in [0.5, 0.6) is 11.5 Å². The van der Waals surface area contributed by atoms with Gasteiger partial charge in [-0.05, 0) is 37.1 Å². The van der Waals surface area contributed by atoms with Crippen molar-refractivity contribution in [2.75, 3.05) is 5.32 Å². The van der Waals surface area contributed by atoms with Gasteiger partial charge >= 0.3 is 0 Å². The van der Waals surface area contributed by atoms with E-state index in [0.29, 0.717) is 23.0 Å². The third-order valence-corrected chi connectivity index (χ3v) is 4.57. The molecule has 6 heteroatoms. The topological polar surface area (TPSA) is 91.6 Å². The molecular formula is C19H16N2O4. The summed E-state index contributed by atoms with van der Waals surface area (Å²) in [7, 11) is 0. The fourth-order valence-electron chi connectivity index (χ4n) is 3.50. The molecule has 1 aromatic heterocycles. The van der Waals surface area contributed by atoms with Crippen molar-refractivity contribution in [2.45, 2.75) is 19.4 Å². The number of pyridine rings is 1. The fourth-order valence-corrected chi connectivity index (χ4v) is 3.50. The second-order valence-electron chi connectivity index (χ2n) is 6.27. The molecule has 6 nitrogen and oxygen atoms in total. The molecule has 1 aliphatic heterocycles. The molecule has 2 heterocycles. The number of aromatic nitrogens is 1. The van der Waals surface area contributed by atoms with E-state index in [1.54, 1.807) is 28.8 Å². The lowest BCUT2D eigenvalue weighted by molar-refractivity contribution is 0.102. The second kappa shape index (κ2) is 5.37. The summed E-state index contributed by atoms with van der Waals surface area (Å²) in [5.74, 6) is -1.03. The number of nitrogens with zero attached hydrogens (tertiary/aromatic N) is 1. The Balaban J connectivity index is 1.89. The zero-order valence-electron chi connectivity index (χ0n) is 13.5. The summed E-state index contributed by atoms with van der Waals surface area (Å²) in [4.78, 5) is 25.5. The number of hydrogen-bond acceptors (Lipinski definition) is 4. The number of carbonyl (C=O) groups excluding carboxylic acids is 1. The van der Waals surface area contributed by atoms with Crippen molar-refractivity contribution in [2.24, 2.45) is 0 Å². The quantitative estimate of drug-likeness (QED) is 0.671. The zero-order valence-corrected chi connectivity index (χ0v) is 13.5. The van der Waals surface area contributed by atoms with Crippen LogP contribution in [0.2, 0.25) is 0 Å². The molecule has 0 spiro atoms. The zero-order chi connectivity index (χ0) is 17.7. The Bertz CT molecular complexity index is 1080. The van der Waals surface area contributed by atoms with Gasteiger partial charge in [0.25, 0.3) is 11.5 Å².